The molecule has 0 saturated carbocycles. The molecule has 0 bridgehead atoms. The van der Waals surface area contributed by atoms with Crippen LogP contribution in [0.1, 0.15) is 27.7 Å². The molecule has 0 spiro atoms. The highest BCUT2D eigenvalue weighted by molar-refractivity contribution is 5.07. The molecule has 0 fully saturated rings. The lowest BCUT2D eigenvalue weighted by Crippen LogP contribution is -2.60. The molecule has 0 amide bonds. The predicted molar refractivity (Wildman–Crippen MR) is 50.2 cm³/mol. The maximum absolute atomic E-state index is 6.05. The lowest BCUT2D eigenvalue weighted by atomic mass is 9.70. The second-order valence-corrected chi connectivity index (χ2v) is 4.00. The molecule has 0 aromatic rings. The molecule has 0 aliphatic rings. The Balaban J connectivity index is 4.66. The van der Waals surface area contributed by atoms with Crippen LogP contribution in [0.3, 0.4) is 0 Å². The van der Waals surface area contributed by atoms with Crippen LogP contribution in [0, 0.1) is 5.41 Å². The smallest absolute Gasteiger partial charge is 0.0362 e. The van der Waals surface area contributed by atoms with E-state index in [-0.39, 0.29) is 11.5 Å². The average Bonchev–Trinajstić information content (AvgIpc) is 1.87. The zero-order valence-electron chi connectivity index (χ0n) is 8.02. The molecule has 0 saturated heterocycles. The van der Waals surface area contributed by atoms with E-state index in [4.69, 9.17) is 11.5 Å². The van der Waals surface area contributed by atoms with Crippen LogP contribution in [0.5, 0.6) is 0 Å². The fourth-order valence-electron chi connectivity index (χ4n) is 0.807. The number of nitrogens with two attached hydrogens (primary N) is 2. The number of rotatable bonds is 3. The van der Waals surface area contributed by atoms with Gasteiger partial charge in [0.25, 0.3) is 0 Å². The Kier molecular flexibility index (Phi) is 2.86. The highest BCUT2D eigenvalue weighted by Crippen LogP contribution is 2.31. The minimum atomic E-state index is -0.394. The standard InChI is InChI=1S/C9H20N2/c1-6-8(3,4)9(5,11)7(2)10/h6-7H,1,10-11H2,2-5H3. The van der Waals surface area contributed by atoms with Crippen molar-refractivity contribution in [2.75, 3.05) is 0 Å². The van der Waals surface area contributed by atoms with Crippen molar-refractivity contribution >= 4 is 0 Å². The van der Waals surface area contributed by atoms with Gasteiger partial charge in [0.1, 0.15) is 0 Å². The van der Waals surface area contributed by atoms with Crippen molar-refractivity contribution in [2.45, 2.75) is 39.3 Å². The molecule has 0 aromatic carbocycles. The van der Waals surface area contributed by atoms with Gasteiger partial charge < -0.3 is 11.5 Å². The van der Waals surface area contributed by atoms with Crippen LogP contribution in [-0.2, 0) is 0 Å². The van der Waals surface area contributed by atoms with E-state index in [9.17, 15) is 0 Å². The summed E-state index contributed by atoms with van der Waals surface area (Å²) in [6, 6.07) is -0.0319. The summed E-state index contributed by atoms with van der Waals surface area (Å²) < 4.78 is 0. The minimum absolute atomic E-state index is 0.0319. The van der Waals surface area contributed by atoms with E-state index in [0.29, 0.717) is 0 Å². The quantitative estimate of drug-likeness (QED) is 0.604. The Morgan fingerprint density at radius 2 is 1.73 bits per heavy atom. The van der Waals surface area contributed by atoms with Gasteiger partial charge in [-0.3, -0.25) is 0 Å². The Morgan fingerprint density at radius 3 is 1.82 bits per heavy atom. The fraction of sp³-hybridized carbons (Fsp3) is 0.778. The molecule has 0 aliphatic heterocycles. The molecular formula is C9H20N2. The van der Waals surface area contributed by atoms with Gasteiger partial charge in [-0.1, -0.05) is 19.9 Å². The molecule has 2 unspecified atom stereocenters. The van der Waals surface area contributed by atoms with Gasteiger partial charge in [0.15, 0.2) is 0 Å². The minimum Gasteiger partial charge on any atom is -0.326 e. The zero-order chi connectivity index (χ0) is 9.28. The first-order valence-electron chi connectivity index (χ1n) is 3.93. The van der Waals surface area contributed by atoms with Gasteiger partial charge in [0, 0.05) is 17.0 Å². The highest BCUT2D eigenvalue weighted by Gasteiger charge is 2.37. The van der Waals surface area contributed by atoms with E-state index in [1.165, 1.54) is 0 Å². The molecular weight excluding hydrogens is 136 g/mol. The van der Waals surface area contributed by atoms with Crippen molar-refractivity contribution < 1.29 is 0 Å². The lowest BCUT2D eigenvalue weighted by Gasteiger charge is -2.42. The molecule has 2 atom stereocenters. The SMILES string of the molecule is C=CC(C)(C)C(C)(N)C(C)N. The third-order valence-electron chi connectivity index (χ3n) is 2.84. The van der Waals surface area contributed by atoms with Gasteiger partial charge in [-0.25, -0.2) is 0 Å². The first-order valence-corrected chi connectivity index (χ1v) is 3.93. The Hall–Kier alpha value is -0.340. The summed E-state index contributed by atoms with van der Waals surface area (Å²) in [5, 5.41) is 0. The van der Waals surface area contributed by atoms with Crippen LogP contribution < -0.4 is 11.5 Å². The van der Waals surface area contributed by atoms with Crippen LogP contribution in [-0.4, -0.2) is 11.6 Å². The van der Waals surface area contributed by atoms with Crippen molar-refractivity contribution in [1.29, 1.82) is 0 Å². The molecule has 2 heteroatoms. The topological polar surface area (TPSA) is 52.0 Å². The summed E-state index contributed by atoms with van der Waals surface area (Å²) >= 11 is 0. The van der Waals surface area contributed by atoms with E-state index in [1.807, 2.05) is 33.8 Å². The van der Waals surface area contributed by atoms with E-state index < -0.39 is 5.54 Å². The second kappa shape index (κ2) is 2.95. The molecule has 0 aromatic heterocycles. The van der Waals surface area contributed by atoms with Crippen LogP contribution in [0.2, 0.25) is 0 Å². The van der Waals surface area contributed by atoms with Gasteiger partial charge >= 0.3 is 0 Å². The van der Waals surface area contributed by atoms with Gasteiger partial charge in [0.05, 0.1) is 0 Å². The normalized spacial score (nSPS) is 20.5. The Morgan fingerprint density at radius 1 is 1.36 bits per heavy atom. The highest BCUT2D eigenvalue weighted by atomic mass is 14.9. The zero-order valence-corrected chi connectivity index (χ0v) is 8.02. The van der Waals surface area contributed by atoms with Gasteiger partial charge in [-0.05, 0) is 13.8 Å². The van der Waals surface area contributed by atoms with E-state index in [0.717, 1.165) is 0 Å². The molecule has 0 heterocycles. The van der Waals surface area contributed by atoms with Crippen molar-refractivity contribution in [3.05, 3.63) is 12.7 Å². The first kappa shape index (κ1) is 10.7. The van der Waals surface area contributed by atoms with Crippen molar-refractivity contribution in [2.24, 2.45) is 16.9 Å². The monoisotopic (exact) mass is 156 g/mol. The maximum Gasteiger partial charge on any atom is 0.0362 e. The average molecular weight is 156 g/mol. The summed E-state index contributed by atoms with van der Waals surface area (Å²) in [6.07, 6.45) is 1.86. The summed E-state index contributed by atoms with van der Waals surface area (Å²) in [7, 11) is 0. The third-order valence-corrected chi connectivity index (χ3v) is 2.84. The van der Waals surface area contributed by atoms with Crippen LogP contribution in [0.15, 0.2) is 12.7 Å². The van der Waals surface area contributed by atoms with Crippen molar-refractivity contribution in [1.82, 2.24) is 0 Å². The summed E-state index contributed by atoms with van der Waals surface area (Å²) in [4.78, 5) is 0. The first-order chi connectivity index (χ1) is 4.75. The van der Waals surface area contributed by atoms with Gasteiger partial charge in [-0.2, -0.15) is 0 Å². The molecule has 11 heavy (non-hydrogen) atoms. The van der Waals surface area contributed by atoms with Crippen LogP contribution >= 0.6 is 0 Å². The van der Waals surface area contributed by atoms with Crippen LogP contribution in [0.25, 0.3) is 0 Å². The fourth-order valence-corrected chi connectivity index (χ4v) is 0.807. The predicted octanol–water partition coefficient (Wildman–Crippen LogP) is 1.26. The molecule has 2 nitrogen and oxygen atoms in total. The lowest BCUT2D eigenvalue weighted by molar-refractivity contribution is 0.213. The summed E-state index contributed by atoms with van der Waals surface area (Å²) in [6.45, 7) is 11.7. The Labute approximate surface area is 69.6 Å². The molecule has 0 rings (SSSR count). The molecule has 66 valence electrons. The molecule has 0 radical (unpaired) electrons. The maximum atomic E-state index is 6.05. The summed E-state index contributed by atoms with van der Waals surface area (Å²) in [5.41, 5.74) is 11.3. The van der Waals surface area contributed by atoms with Gasteiger partial charge in [0.2, 0.25) is 0 Å². The van der Waals surface area contributed by atoms with E-state index in [1.54, 1.807) is 0 Å². The largest absolute Gasteiger partial charge is 0.326 e. The Bertz CT molecular complexity index is 146. The second-order valence-electron chi connectivity index (χ2n) is 4.00. The van der Waals surface area contributed by atoms with Crippen LogP contribution in [0.4, 0.5) is 0 Å². The summed E-state index contributed by atoms with van der Waals surface area (Å²) in [5.74, 6) is 0. The number of hydrogen-bond acceptors (Lipinski definition) is 2. The third kappa shape index (κ3) is 1.82. The van der Waals surface area contributed by atoms with Crippen molar-refractivity contribution in [3.63, 3.8) is 0 Å². The molecule has 4 N–H and O–H groups in total. The van der Waals surface area contributed by atoms with Crippen molar-refractivity contribution in [3.8, 4) is 0 Å². The van der Waals surface area contributed by atoms with E-state index >= 15 is 0 Å². The van der Waals surface area contributed by atoms with Gasteiger partial charge in [-0.15, -0.1) is 6.58 Å². The van der Waals surface area contributed by atoms with E-state index in [2.05, 4.69) is 6.58 Å². The number of hydrogen-bond donors (Lipinski definition) is 2. The molecule has 0 aliphatic carbocycles.